The zero-order chi connectivity index (χ0) is 30.5. The monoisotopic (exact) mass is 608 g/mol. The maximum absolute atomic E-state index is 13.1. The van der Waals surface area contributed by atoms with Gasteiger partial charge in [0, 0.05) is 46.6 Å². The number of allylic oxidation sites excluding steroid dienone is 2. The molecule has 0 unspecified atom stereocenters. The van der Waals surface area contributed by atoms with E-state index in [1.54, 1.807) is 71.2 Å². The lowest BCUT2D eigenvalue weighted by Crippen LogP contribution is -2.06. The van der Waals surface area contributed by atoms with Gasteiger partial charge in [0.05, 0.1) is 11.1 Å². The van der Waals surface area contributed by atoms with Crippen LogP contribution in [0.4, 0.5) is 0 Å². The van der Waals surface area contributed by atoms with Crippen LogP contribution < -0.4 is 0 Å². The van der Waals surface area contributed by atoms with Crippen molar-refractivity contribution in [3.05, 3.63) is 140 Å². The largest absolute Gasteiger partial charge is 0.298 e. The predicted molar refractivity (Wildman–Crippen MR) is 180 cm³/mol. The van der Waals surface area contributed by atoms with Crippen molar-refractivity contribution in [3.8, 4) is 10.4 Å². The molecule has 0 aliphatic heterocycles. The van der Waals surface area contributed by atoms with Crippen LogP contribution >= 0.6 is 22.7 Å². The molecule has 7 rings (SSSR count). The van der Waals surface area contributed by atoms with E-state index in [1.807, 2.05) is 50.2 Å². The van der Waals surface area contributed by atoms with Crippen LogP contribution in [0.1, 0.15) is 52.6 Å². The van der Waals surface area contributed by atoms with Gasteiger partial charge in [0.15, 0.2) is 23.6 Å². The smallest absolute Gasteiger partial charge is 0.197 e. The van der Waals surface area contributed by atoms with Crippen molar-refractivity contribution in [2.75, 3.05) is 0 Å². The van der Waals surface area contributed by atoms with Crippen molar-refractivity contribution >= 4 is 78.6 Å². The Morgan fingerprint density at radius 3 is 2.07 bits per heavy atom. The third-order valence-electron chi connectivity index (χ3n) is 7.99. The summed E-state index contributed by atoms with van der Waals surface area (Å²) in [6.07, 6.45) is 4.00. The number of carbonyl (C=O) groups excluding carboxylic acids is 4. The minimum Gasteiger partial charge on any atom is -0.298 e. The highest BCUT2D eigenvalue weighted by Gasteiger charge is 2.32. The summed E-state index contributed by atoms with van der Waals surface area (Å²) in [5.74, 6) is -0.738. The molecule has 0 spiro atoms. The minimum atomic E-state index is -0.279. The number of hydrogen-bond donors (Lipinski definition) is 0. The number of hydrogen-bond acceptors (Lipinski definition) is 6. The molecule has 0 amide bonds. The number of thiophene rings is 2. The van der Waals surface area contributed by atoms with E-state index >= 15 is 0 Å². The zero-order valence-electron chi connectivity index (χ0n) is 23.8. The topological polar surface area (TPSA) is 68.3 Å². The fourth-order valence-corrected chi connectivity index (χ4v) is 8.06. The molecule has 0 atom stereocenters. The Bertz CT molecular complexity index is 2240. The van der Waals surface area contributed by atoms with Gasteiger partial charge in [-0.05, 0) is 66.5 Å². The third kappa shape index (κ3) is 4.69. The van der Waals surface area contributed by atoms with E-state index in [0.29, 0.717) is 23.0 Å². The van der Waals surface area contributed by atoms with Gasteiger partial charge in [-0.15, -0.1) is 22.7 Å². The molecule has 0 saturated heterocycles. The molecule has 1 aliphatic rings. The maximum Gasteiger partial charge on any atom is 0.197 e. The van der Waals surface area contributed by atoms with Crippen molar-refractivity contribution in [3.63, 3.8) is 0 Å². The van der Waals surface area contributed by atoms with Crippen LogP contribution in [0.5, 0.6) is 0 Å². The molecule has 44 heavy (non-hydrogen) atoms. The molecule has 4 nitrogen and oxygen atoms in total. The quantitative estimate of drug-likeness (QED) is 0.0621. The summed E-state index contributed by atoms with van der Waals surface area (Å²) >= 11 is 3.21. The number of Topliss-reactive ketones (excluding diaryl/α,β-unsaturated/α-hetero) is 3. The van der Waals surface area contributed by atoms with Crippen molar-refractivity contribution in [2.45, 2.75) is 13.8 Å². The van der Waals surface area contributed by atoms with E-state index in [9.17, 15) is 19.2 Å². The molecular formula is C38H24O4S2. The molecule has 212 valence electrons. The summed E-state index contributed by atoms with van der Waals surface area (Å²) in [7, 11) is 0. The van der Waals surface area contributed by atoms with Crippen LogP contribution in [0, 0.1) is 13.8 Å². The molecule has 0 bridgehead atoms. The lowest BCUT2D eigenvalue weighted by atomic mass is 9.99. The lowest BCUT2D eigenvalue weighted by molar-refractivity contribution is -0.104. The van der Waals surface area contributed by atoms with Crippen LogP contribution in [0.25, 0.3) is 42.8 Å². The van der Waals surface area contributed by atoms with Gasteiger partial charge in [-0.1, -0.05) is 72.8 Å². The van der Waals surface area contributed by atoms with Gasteiger partial charge in [0.1, 0.15) is 0 Å². The average Bonchev–Trinajstić information content (AvgIpc) is 3.66. The first-order valence-electron chi connectivity index (χ1n) is 14.1. The summed E-state index contributed by atoms with van der Waals surface area (Å²) in [5.41, 5.74) is 5.55. The Morgan fingerprint density at radius 2 is 1.36 bits per heavy atom. The van der Waals surface area contributed by atoms with E-state index in [-0.39, 0.29) is 28.5 Å². The van der Waals surface area contributed by atoms with Crippen molar-refractivity contribution in [2.24, 2.45) is 0 Å². The number of aryl methyl sites for hydroxylation is 2. The molecule has 0 radical (unpaired) electrons. The van der Waals surface area contributed by atoms with Gasteiger partial charge in [-0.2, -0.15) is 0 Å². The van der Waals surface area contributed by atoms with Gasteiger partial charge in [0.2, 0.25) is 0 Å². The van der Waals surface area contributed by atoms with E-state index < -0.39 is 0 Å². The fraction of sp³-hybridized carbons (Fsp3) is 0.0526. The summed E-state index contributed by atoms with van der Waals surface area (Å²) in [6, 6.07) is 28.6. The second-order valence-electron chi connectivity index (χ2n) is 10.9. The van der Waals surface area contributed by atoms with Gasteiger partial charge >= 0.3 is 0 Å². The van der Waals surface area contributed by atoms with Crippen molar-refractivity contribution in [1.29, 1.82) is 0 Å². The van der Waals surface area contributed by atoms with E-state index in [2.05, 4.69) is 18.2 Å². The Labute approximate surface area is 261 Å². The van der Waals surface area contributed by atoms with Crippen molar-refractivity contribution < 1.29 is 19.2 Å². The van der Waals surface area contributed by atoms with Crippen LogP contribution in [0.3, 0.4) is 0 Å². The Morgan fingerprint density at radius 1 is 0.705 bits per heavy atom. The van der Waals surface area contributed by atoms with Crippen LogP contribution in [-0.4, -0.2) is 23.6 Å². The number of fused-ring (bicyclic) bond motifs is 4. The third-order valence-corrected chi connectivity index (χ3v) is 10.3. The summed E-state index contributed by atoms with van der Waals surface area (Å²) in [4.78, 5) is 52.7. The average molecular weight is 609 g/mol. The number of ketones is 3. The molecule has 0 fully saturated rings. The van der Waals surface area contributed by atoms with Gasteiger partial charge < -0.3 is 0 Å². The summed E-state index contributed by atoms with van der Waals surface area (Å²) in [5, 5.41) is 2.25. The predicted octanol–water partition coefficient (Wildman–Crippen LogP) is 9.33. The van der Waals surface area contributed by atoms with Gasteiger partial charge in [-0.3, -0.25) is 19.2 Å². The Hall–Kier alpha value is -5.04. The molecule has 2 heterocycles. The molecule has 0 saturated carbocycles. The van der Waals surface area contributed by atoms with Gasteiger partial charge in [0.25, 0.3) is 0 Å². The van der Waals surface area contributed by atoms with E-state index in [0.717, 1.165) is 52.2 Å². The SMILES string of the molecule is Cc1ccccc1C(=O)/C(C=O)=C/c1cc(C)c(-c2ccc3c(c2)sc2cc(C=C4C(=O)c5ccccc5C4=O)ccc23)s1. The highest BCUT2D eigenvalue weighted by molar-refractivity contribution is 7.26. The minimum absolute atomic E-state index is 0.128. The zero-order valence-corrected chi connectivity index (χ0v) is 25.5. The fourth-order valence-electron chi connectivity index (χ4n) is 5.75. The Kier molecular flexibility index (Phi) is 6.88. The molecule has 6 heteroatoms. The first-order chi connectivity index (χ1) is 21.3. The number of carbonyl (C=O) groups is 4. The Balaban J connectivity index is 1.21. The number of aldehydes is 1. The molecule has 4 aromatic carbocycles. The summed E-state index contributed by atoms with van der Waals surface area (Å²) in [6.45, 7) is 3.90. The first-order valence-corrected chi connectivity index (χ1v) is 15.7. The highest BCUT2D eigenvalue weighted by Crippen LogP contribution is 2.40. The van der Waals surface area contributed by atoms with E-state index in [1.165, 1.54) is 0 Å². The second kappa shape index (κ2) is 10.9. The molecule has 0 N–H and O–H groups in total. The van der Waals surface area contributed by atoms with Crippen LogP contribution in [0.15, 0.2) is 102 Å². The standard InChI is InChI=1S/C38H24O4S2/c1-21-7-3-4-8-27(21)35(40)25(20-39)18-26-15-22(2)38(43-26)24-12-14-29-28-13-11-23(17-33(28)44-34(29)19-24)16-32-36(41)30-9-5-6-10-31(30)37(32)42/h3-20H,1-2H3/b25-18+. The summed E-state index contributed by atoms with van der Waals surface area (Å²) < 4.78 is 2.19. The normalized spacial score (nSPS) is 13.1. The molecular weight excluding hydrogens is 585 g/mol. The van der Waals surface area contributed by atoms with Crippen molar-refractivity contribution in [1.82, 2.24) is 0 Å². The number of rotatable bonds is 6. The highest BCUT2D eigenvalue weighted by atomic mass is 32.1. The molecule has 2 aromatic heterocycles. The van der Waals surface area contributed by atoms with Gasteiger partial charge in [-0.25, -0.2) is 0 Å². The lowest BCUT2D eigenvalue weighted by Gasteiger charge is -2.03. The number of benzene rings is 4. The second-order valence-corrected chi connectivity index (χ2v) is 13.0. The van der Waals surface area contributed by atoms with E-state index in [4.69, 9.17) is 0 Å². The molecule has 6 aromatic rings. The van der Waals surface area contributed by atoms with Crippen LogP contribution in [-0.2, 0) is 4.79 Å². The van der Waals surface area contributed by atoms with Crippen LogP contribution in [0.2, 0.25) is 0 Å². The first kappa shape index (κ1) is 27.8. The molecule has 1 aliphatic carbocycles. The maximum atomic E-state index is 13.1.